The first-order valence-corrected chi connectivity index (χ1v) is 7.13. The lowest BCUT2D eigenvalue weighted by atomic mass is 10.0. The van der Waals surface area contributed by atoms with Gasteiger partial charge in [0.2, 0.25) is 5.91 Å². The molecule has 0 atom stereocenters. The van der Waals surface area contributed by atoms with Crippen LogP contribution in [0.1, 0.15) is 48.9 Å². The van der Waals surface area contributed by atoms with Gasteiger partial charge in [0, 0.05) is 31.5 Å². The lowest BCUT2D eigenvalue weighted by Crippen LogP contribution is -2.35. The molecule has 0 spiro atoms. The van der Waals surface area contributed by atoms with Crippen molar-refractivity contribution in [3.8, 4) is 0 Å². The molecule has 102 valence electrons. The zero-order chi connectivity index (χ0) is 13.5. The zero-order valence-corrected chi connectivity index (χ0v) is 11.3. The van der Waals surface area contributed by atoms with Crippen molar-refractivity contribution in [1.82, 2.24) is 4.90 Å². The molecule has 1 aliphatic rings. The van der Waals surface area contributed by atoms with Crippen molar-refractivity contribution in [1.29, 1.82) is 0 Å². The van der Waals surface area contributed by atoms with Crippen LogP contribution in [-0.4, -0.2) is 29.7 Å². The molecular formula is C16H21NO2. The maximum atomic E-state index is 11.9. The number of hydrogen-bond donors (Lipinski definition) is 0. The van der Waals surface area contributed by atoms with Crippen LogP contribution in [0.5, 0.6) is 0 Å². The smallest absolute Gasteiger partial charge is 0.222 e. The number of Topliss-reactive ketones (excluding diaryl/α,β-unsaturated/α-hetero) is 1. The zero-order valence-electron chi connectivity index (χ0n) is 11.3. The van der Waals surface area contributed by atoms with Crippen LogP contribution in [0.4, 0.5) is 0 Å². The van der Waals surface area contributed by atoms with Gasteiger partial charge < -0.3 is 4.90 Å². The van der Waals surface area contributed by atoms with Crippen LogP contribution in [0.25, 0.3) is 0 Å². The van der Waals surface area contributed by atoms with E-state index in [2.05, 4.69) is 0 Å². The Morgan fingerprint density at radius 3 is 2.32 bits per heavy atom. The van der Waals surface area contributed by atoms with Gasteiger partial charge in [-0.15, -0.1) is 0 Å². The molecule has 3 nitrogen and oxygen atoms in total. The molecule has 0 aliphatic carbocycles. The fourth-order valence-electron chi connectivity index (χ4n) is 2.47. The lowest BCUT2D eigenvalue weighted by Gasteiger charge is -2.26. The molecule has 1 aromatic carbocycles. The largest absolute Gasteiger partial charge is 0.343 e. The fourth-order valence-corrected chi connectivity index (χ4v) is 2.47. The van der Waals surface area contributed by atoms with Gasteiger partial charge in [0.25, 0.3) is 0 Å². The van der Waals surface area contributed by atoms with Crippen molar-refractivity contribution in [2.75, 3.05) is 13.1 Å². The van der Waals surface area contributed by atoms with Crippen LogP contribution in [0.2, 0.25) is 0 Å². The van der Waals surface area contributed by atoms with Gasteiger partial charge in [-0.25, -0.2) is 0 Å². The number of piperidine rings is 1. The molecule has 1 aromatic rings. The second-order valence-corrected chi connectivity index (χ2v) is 5.08. The predicted octanol–water partition coefficient (Wildman–Crippen LogP) is 3.05. The summed E-state index contributed by atoms with van der Waals surface area (Å²) < 4.78 is 0. The minimum Gasteiger partial charge on any atom is -0.343 e. The van der Waals surface area contributed by atoms with Crippen molar-refractivity contribution < 1.29 is 9.59 Å². The summed E-state index contributed by atoms with van der Waals surface area (Å²) in [5, 5.41) is 0. The number of likely N-dealkylation sites (tertiary alicyclic amines) is 1. The Hall–Kier alpha value is -1.64. The summed E-state index contributed by atoms with van der Waals surface area (Å²) in [7, 11) is 0. The Balaban J connectivity index is 1.71. The number of amides is 1. The van der Waals surface area contributed by atoms with E-state index in [-0.39, 0.29) is 11.7 Å². The van der Waals surface area contributed by atoms with Crippen molar-refractivity contribution >= 4 is 11.7 Å². The maximum absolute atomic E-state index is 11.9. The predicted molar refractivity (Wildman–Crippen MR) is 75.1 cm³/mol. The highest BCUT2D eigenvalue weighted by Gasteiger charge is 2.16. The number of ketones is 1. The molecule has 0 unspecified atom stereocenters. The Bertz CT molecular complexity index is 422. The van der Waals surface area contributed by atoms with Crippen molar-refractivity contribution in [3.63, 3.8) is 0 Å². The minimum absolute atomic E-state index is 0.132. The molecule has 1 amide bonds. The van der Waals surface area contributed by atoms with Crippen molar-refractivity contribution in [3.05, 3.63) is 35.9 Å². The van der Waals surface area contributed by atoms with Crippen LogP contribution in [0.15, 0.2) is 30.3 Å². The number of hydrogen-bond acceptors (Lipinski definition) is 2. The van der Waals surface area contributed by atoms with Gasteiger partial charge in [-0.05, 0) is 25.7 Å². The lowest BCUT2D eigenvalue weighted by molar-refractivity contribution is -0.132. The molecule has 1 fully saturated rings. The summed E-state index contributed by atoms with van der Waals surface area (Å²) >= 11 is 0. The number of carbonyl (C=O) groups excluding carboxylic acids is 2. The molecule has 19 heavy (non-hydrogen) atoms. The molecule has 0 bridgehead atoms. The standard InChI is InChI=1S/C16H21NO2/c18-15(14-8-3-1-4-9-14)10-7-11-16(19)17-12-5-2-6-13-17/h1,3-4,8-9H,2,5-7,10-13H2. The van der Waals surface area contributed by atoms with Gasteiger partial charge in [-0.1, -0.05) is 30.3 Å². The Morgan fingerprint density at radius 1 is 0.947 bits per heavy atom. The van der Waals surface area contributed by atoms with E-state index in [1.54, 1.807) is 0 Å². The van der Waals surface area contributed by atoms with E-state index in [1.165, 1.54) is 6.42 Å². The molecule has 0 aromatic heterocycles. The van der Waals surface area contributed by atoms with E-state index in [0.29, 0.717) is 19.3 Å². The third-order valence-electron chi connectivity index (χ3n) is 3.60. The Kier molecular flexibility index (Phi) is 5.13. The maximum Gasteiger partial charge on any atom is 0.222 e. The minimum atomic E-state index is 0.132. The quantitative estimate of drug-likeness (QED) is 0.762. The average Bonchev–Trinajstić information content (AvgIpc) is 2.49. The van der Waals surface area contributed by atoms with Crippen LogP contribution in [0.3, 0.4) is 0 Å². The van der Waals surface area contributed by atoms with Gasteiger partial charge in [-0.2, -0.15) is 0 Å². The van der Waals surface area contributed by atoms with Crippen LogP contribution >= 0.6 is 0 Å². The van der Waals surface area contributed by atoms with Crippen molar-refractivity contribution in [2.45, 2.75) is 38.5 Å². The number of rotatable bonds is 5. The van der Waals surface area contributed by atoms with E-state index in [4.69, 9.17) is 0 Å². The first-order chi connectivity index (χ1) is 9.27. The second-order valence-electron chi connectivity index (χ2n) is 5.08. The molecule has 1 aliphatic heterocycles. The van der Waals surface area contributed by atoms with Gasteiger partial charge >= 0.3 is 0 Å². The Morgan fingerprint density at radius 2 is 1.63 bits per heavy atom. The van der Waals surface area contributed by atoms with Crippen LogP contribution in [-0.2, 0) is 4.79 Å². The van der Waals surface area contributed by atoms with Gasteiger partial charge in [0.15, 0.2) is 5.78 Å². The summed E-state index contributed by atoms with van der Waals surface area (Å²) in [6, 6.07) is 9.29. The molecule has 1 heterocycles. The molecule has 3 heteroatoms. The normalized spacial score (nSPS) is 15.3. The van der Waals surface area contributed by atoms with E-state index >= 15 is 0 Å². The molecule has 1 saturated heterocycles. The first-order valence-electron chi connectivity index (χ1n) is 7.13. The number of benzene rings is 1. The highest BCUT2D eigenvalue weighted by Crippen LogP contribution is 2.12. The van der Waals surface area contributed by atoms with E-state index in [9.17, 15) is 9.59 Å². The number of nitrogens with zero attached hydrogens (tertiary/aromatic N) is 1. The molecule has 2 rings (SSSR count). The summed E-state index contributed by atoms with van der Waals surface area (Å²) in [6.07, 6.45) is 5.09. The summed E-state index contributed by atoms with van der Waals surface area (Å²) in [5.41, 5.74) is 0.743. The first kappa shape index (κ1) is 13.8. The van der Waals surface area contributed by atoms with E-state index in [0.717, 1.165) is 31.5 Å². The average molecular weight is 259 g/mol. The van der Waals surface area contributed by atoms with E-state index in [1.807, 2.05) is 35.2 Å². The summed E-state index contributed by atoms with van der Waals surface area (Å²) in [6.45, 7) is 1.79. The fraction of sp³-hybridized carbons (Fsp3) is 0.500. The highest BCUT2D eigenvalue weighted by atomic mass is 16.2. The van der Waals surface area contributed by atoms with Crippen LogP contribution in [0, 0.1) is 0 Å². The monoisotopic (exact) mass is 259 g/mol. The molecule has 0 saturated carbocycles. The third kappa shape index (κ3) is 4.19. The summed E-state index contributed by atoms with van der Waals surface area (Å²) in [5.74, 6) is 0.340. The van der Waals surface area contributed by atoms with Gasteiger partial charge in [0.05, 0.1) is 0 Å². The Labute approximate surface area is 114 Å². The van der Waals surface area contributed by atoms with Crippen molar-refractivity contribution in [2.24, 2.45) is 0 Å². The molecule has 0 N–H and O–H groups in total. The van der Waals surface area contributed by atoms with Crippen LogP contribution < -0.4 is 0 Å². The van der Waals surface area contributed by atoms with E-state index < -0.39 is 0 Å². The number of carbonyl (C=O) groups is 2. The second kappa shape index (κ2) is 7.07. The van der Waals surface area contributed by atoms with Gasteiger partial charge in [-0.3, -0.25) is 9.59 Å². The SMILES string of the molecule is O=C(CCCC(=O)N1CCCCC1)c1ccccc1. The summed E-state index contributed by atoms with van der Waals surface area (Å²) in [4.78, 5) is 25.7. The highest BCUT2D eigenvalue weighted by molar-refractivity contribution is 5.96. The van der Waals surface area contributed by atoms with Gasteiger partial charge in [0.1, 0.15) is 0 Å². The third-order valence-corrected chi connectivity index (χ3v) is 3.60. The topological polar surface area (TPSA) is 37.4 Å². The molecular weight excluding hydrogens is 238 g/mol. The molecule has 0 radical (unpaired) electrons.